The molecular weight excluding hydrogens is 286 g/mol. The highest BCUT2D eigenvalue weighted by molar-refractivity contribution is 7.15. The minimum absolute atomic E-state index is 0.262. The van der Waals surface area contributed by atoms with Crippen LogP contribution in [-0.2, 0) is 11.3 Å². The summed E-state index contributed by atoms with van der Waals surface area (Å²) in [6.07, 6.45) is 0. The number of rotatable bonds is 5. The van der Waals surface area contributed by atoms with Crippen molar-refractivity contribution in [3.63, 3.8) is 0 Å². The predicted molar refractivity (Wildman–Crippen MR) is 74.6 cm³/mol. The maximum Gasteiger partial charge on any atom is 0.257 e. The summed E-state index contributed by atoms with van der Waals surface area (Å²) in [7, 11) is 0. The van der Waals surface area contributed by atoms with Crippen molar-refractivity contribution in [2.45, 2.75) is 13.5 Å². The fourth-order valence-electron chi connectivity index (χ4n) is 1.35. The van der Waals surface area contributed by atoms with Crippen LogP contribution in [0.15, 0.2) is 24.3 Å². The van der Waals surface area contributed by atoms with E-state index in [1.54, 1.807) is 24.3 Å². The summed E-state index contributed by atoms with van der Waals surface area (Å²) >= 11 is 7.12. The zero-order valence-corrected chi connectivity index (χ0v) is 11.8. The van der Waals surface area contributed by atoms with Gasteiger partial charge < -0.3 is 4.74 Å². The first-order valence-electron chi connectivity index (χ1n) is 5.66. The molecule has 1 aromatic carbocycles. The summed E-state index contributed by atoms with van der Waals surface area (Å²) in [6.45, 7) is 2.92. The predicted octanol–water partition coefficient (Wildman–Crippen LogP) is 2.98. The van der Waals surface area contributed by atoms with E-state index >= 15 is 0 Å². The number of nitrogens with one attached hydrogen (secondary N) is 1. The standard InChI is InChI=1S/C12H12ClN3O2S/c1-2-18-7-10-15-16-12(19-10)14-11(17)8-4-3-5-9(13)6-8/h3-6H,2,7H2,1H3,(H,14,16,17). The van der Waals surface area contributed by atoms with Crippen LogP contribution in [0.5, 0.6) is 0 Å². The number of carbonyl (C=O) groups excluding carboxylic acids is 1. The number of hydrogen-bond acceptors (Lipinski definition) is 5. The molecular formula is C12H12ClN3O2S. The van der Waals surface area contributed by atoms with Crippen LogP contribution in [0.3, 0.4) is 0 Å². The van der Waals surface area contributed by atoms with Crippen LogP contribution in [0.2, 0.25) is 5.02 Å². The van der Waals surface area contributed by atoms with Gasteiger partial charge in [0.1, 0.15) is 11.6 Å². The van der Waals surface area contributed by atoms with Crippen molar-refractivity contribution >= 4 is 34.0 Å². The summed E-state index contributed by atoms with van der Waals surface area (Å²) in [6, 6.07) is 6.71. The summed E-state index contributed by atoms with van der Waals surface area (Å²) < 4.78 is 5.22. The maximum absolute atomic E-state index is 11.9. The minimum atomic E-state index is -0.262. The third kappa shape index (κ3) is 3.99. The molecule has 2 aromatic rings. The zero-order valence-electron chi connectivity index (χ0n) is 10.2. The molecule has 7 heteroatoms. The number of amides is 1. The molecule has 0 aliphatic heterocycles. The van der Waals surface area contributed by atoms with E-state index in [-0.39, 0.29) is 5.91 Å². The number of benzene rings is 1. The fraction of sp³-hybridized carbons (Fsp3) is 0.250. The minimum Gasteiger partial charge on any atom is -0.374 e. The largest absolute Gasteiger partial charge is 0.374 e. The molecule has 0 fully saturated rings. The van der Waals surface area contributed by atoms with Gasteiger partial charge in [-0.1, -0.05) is 29.0 Å². The highest BCUT2D eigenvalue weighted by atomic mass is 35.5. The van der Waals surface area contributed by atoms with E-state index < -0.39 is 0 Å². The van der Waals surface area contributed by atoms with Gasteiger partial charge in [0.2, 0.25) is 5.13 Å². The number of nitrogens with zero attached hydrogens (tertiary/aromatic N) is 2. The van der Waals surface area contributed by atoms with Crippen molar-refractivity contribution < 1.29 is 9.53 Å². The van der Waals surface area contributed by atoms with Crippen molar-refractivity contribution in [2.75, 3.05) is 11.9 Å². The van der Waals surface area contributed by atoms with Crippen molar-refractivity contribution in [1.29, 1.82) is 0 Å². The van der Waals surface area contributed by atoms with Gasteiger partial charge in [-0.2, -0.15) is 0 Å². The topological polar surface area (TPSA) is 64.1 Å². The van der Waals surface area contributed by atoms with Crippen LogP contribution in [-0.4, -0.2) is 22.7 Å². The molecule has 0 aliphatic carbocycles. The van der Waals surface area contributed by atoms with Crippen molar-refractivity contribution in [1.82, 2.24) is 10.2 Å². The van der Waals surface area contributed by atoms with E-state index in [2.05, 4.69) is 15.5 Å². The first-order valence-corrected chi connectivity index (χ1v) is 6.85. The zero-order chi connectivity index (χ0) is 13.7. The lowest BCUT2D eigenvalue weighted by Crippen LogP contribution is -2.11. The van der Waals surface area contributed by atoms with Crippen LogP contribution in [0.4, 0.5) is 5.13 Å². The van der Waals surface area contributed by atoms with Crippen molar-refractivity contribution in [2.24, 2.45) is 0 Å². The van der Waals surface area contributed by atoms with Crippen LogP contribution in [0.1, 0.15) is 22.3 Å². The van der Waals surface area contributed by atoms with Gasteiger partial charge in [0.15, 0.2) is 0 Å². The van der Waals surface area contributed by atoms with Gasteiger partial charge in [-0.25, -0.2) is 0 Å². The molecule has 0 spiro atoms. The van der Waals surface area contributed by atoms with E-state index in [1.807, 2.05) is 6.92 Å². The Labute approximate surface area is 119 Å². The Hall–Kier alpha value is -1.50. The molecule has 5 nitrogen and oxygen atoms in total. The molecule has 1 aromatic heterocycles. The van der Waals surface area contributed by atoms with Crippen LogP contribution < -0.4 is 5.32 Å². The Morgan fingerprint density at radius 3 is 3.05 bits per heavy atom. The lowest BCUT2D eigenvalue weighted by atomic mass is 10.2. The number of ether oxygens (including phenoxy) is 1. The van der Waals surface area contributed by atoms with Gasteiger partial charge in [-0.15, -0.1) is 10.2 Å². The van der Waals surface area contributed by atoms with Crippen LogP contribution >= 0.6 is 22.9 Å². The smallest absolute Gasteiger partial charge is 0.257 e. The highest BCUT2D eigenvalue weighted by Crippen LogP contribution is 2.18. The molecule has 100 valence electrons. The molecule has 0 radical (unpaired) electrons. The second-order valence-corrected chi connectivity index (χ2v) is 5.10. The van der Waals surface area contributed by atoms with E-state index in [0.717, 1.165) is 5.01 Å². The first-order chi connectivity index (χ1) is 9.19. The Morgan fingerprint density at radius 2 is 2.32 bits per heavy atom. The van der Waals surface area contributed by atoms with E-state index in [0.29, 0.717) is 28.9 Å². The molecule has 0 unspecified atom stereocenters. The van der Waals surface area contributed by atoms with Gasteiger partial charge in [-0.05, 0) is 25.1 Å². The molecule has 0 saturated heterocycles. The second-order valence-electron chi connectivity index (χ2n) is 3.60. The highest BCUT2D eigenvalue weighted by Gasteiger charge is 2.10. The average Bonchev–Trinajstić information content (AvgIpc) is 2.84. The van der Waals surface area contributed by atoms with Crippen LogP contribution in [0.25, 0.3) is 0 Å². The van der Waals surface area contributed by atoms with Crippen LogP contribution in [0, 0.1) is 0 Å². The van der Waals surface area contributed by atoms with Crippen molar-refractivity contribution in [3.05, 3.63) is 39.9 Å². The quantitative estimate of drug-likeness (QED) is 0.921. The molecule has 2 rings (SSSR count). The van der Waals surface area contributed by atoms with Crippen molar-refractivity contribution in [3.8, 4) is 0 Å². The summed E-state index contributed by atoms with van der Waals surface area (Å²) in [5.41, 5.74) is 0.481. The first kappa shape index (κ1) is 13.9. The average molecular weight is 298 g/mol. The van der Waals surface area contributed by atoms with Gasteiger partial charge in [-0.3, -0.25) is 10.1 Å². The lowest BCUT2D eigenvalue weighted by molar-refractivity contribution is 0.102. The number of halogens is 1. The number of anilines is 1. The van der Waals surface area contributed by atoms with Gasteiger partial charge in [0.05, 0.1) is 0 Å². The monoisotopic (exact) mass is 297 g/mol. The molecule has 19 heavy (non-hydrogen) atoms. The number of hydrogen-bond donors (Lipinski definition) is 1. The Morgan fingerprint density at radius 1 is 1.47 bits per heavy atom. The van der Waals surface area contributed by atoms with Gasteiger partial charge in [0.25, 0.3) is 5.91 Å². The number of carbonyl (C=O) groups is 1. The SMILES string of the molecule is CCOCc1nnc(NC(=O)c2cccc(Cl)c2)s1. The summed E-state index contributed by atoms with van der Waals surface area (Å²) in [5, 5.41) is 12.2. The van der Waals surface area contributed by atoms with E-state index in [1.165, 1.54) is 11.3 Å². The third-order valence-electron chi connectivity index (χ3n) is 2.20. The molecule has 0 bridgehead atoms. The Kier molecular flexibility index (Phi) is 4.84. The maximum atomic E-state index is 11.9. The molecule has 0 saturated carbocycles. The molecule has 1 heterocycles. The van der Waals surface area contributed by atoms with Gasteiger partial charge >= 0.3 is 0 Å². The molecule has 0 aliphatic rings. The van der Waals surface area contributed by atoms with E-state index in [4.69, 9.17) is 16.3 Å². The number of aromatic nitrogens is 2. The Bertz CT molecular complexity index is 574. The lowest BCUT2D eigenvalue weighted by Gasteiger charge is -2.01. The molecule has 0 atom stereocenters. The summed E-state index contributed by atoms with van der Waals surface area (Å²) in [4.78, 5) is 11.9. The summed E-state index contributed by atoms with van der Waals surface area (Å²) in [5.74, 6) is -0.262. The normalized spacial score (nSPS) is 10.4. The molecule has 1 N–H and O–H groups in total. The Balaban J connectivity index is 2.00. The fourth-order valence-corrected chi connectivity index (χ4v) is 2.21. The third-order valence-corrected chi connectivity index (χ3v) is 3.25. The van der Waals surface area contributed by atoms with Gasteiger partial charge in [0, 0.05) is 17.2 Å². The molecule has 1 amide bonds. The second kappa shape index (κ2) is 6.60. The van der Waals surface area contributed by atoms with E-state index in [9.17, 15) is 4.79 Å².